The van der Waals surface area contributed by atoms with Crippen LogP contribution in [0.2, 0.25) is 0 Å². The summed E-state index contributed by atoms with van der Waals surface area (Å²) in [4.78, 5) is 45.7. The van der Waals surface area contributed by atoms with Gasteiger partial charge in [0.15, 0.2) is 5.78 Å². The van der Waals surface area contributed by atoms with Gasteiger partial charge in [0, 0.05) is 40.8 Å². The zero-order valence-electron chi connectivity index (χ0n) is 35.9. The fourth-order valence-electron chi connectivity index (χ4n) is 8.32. The number of hydrogen-bond acceptors (Lipinski definition) is 7. The van der Waals surface area contributed by atoms with E-state index >= 15 is 0 Å². The monoisotopic (exact) mass is 798 g/mol. The van der Waals surface area contributed by atoms with E-state index in [0.29, 0.717) is 17.5 Å². The maximum Gasteiger partial charge on any atom is 0.248 e. The van der Waals surface area contributed by atoms with Crippen LogP contribution in [-0.2, 0) is 15.7 Å². The average molecular weight is 799 g/mol. The Hall–Kier alpha value is -4.94. The summed E-state index contributed by atoms with van der Waals surface area (Å²) in [6.07, 6.45) is 1.47. The van der Waals surface area contributed by atoms with Crippen molar-refractivity contribution in [3.8, 4) is 0 Å². The van der Waals surface area contributed by atoms with Gasteiger partial charge >= 0.3 is 0 Å². The summed E-state index contributed by atoms with van der Waals surface area (Å²) in [5, 5.41) is 0.277. The molecule has 58 heavy (non-hydrogen) atoms. The number of aryl methyl sites for hydroxylation is 7. The van der Waals surface area contributed by atoms with Crippen molar-refractivity contribution >= 4 is 35.0 Å². The fourth-order valence-corrected chi connectivity index (χ4v) is 10.9. The quantitative estimate of drug-likeness (QED) is 0.0918. The molecule has 1 aliphatic rings. The highest BCUT2D eigenvalue weighted by Gasteiger charge is 2.45. The second kappa shape index (κ2) is 18.8. The van der Waals surface area contributed by atoms with E-state index in [9.17, 15) is 18.9 Å². The van der Waals surface area contributed by atoms with Gasteiger partial charge in [0.05, 0.1) is 18.8 Å². The Morgan fingerprint density at radius 2 is 1.12 bits per heavy atom. The van der Waals surface area contributed by atoms with Gasteiger partial charge in [-0.15, -0.1) is 0 Å². The molecule has 1 fully saturated rings. The molecule has 1 atom stereocenters. The SMILES string of the molecule is CCC(Cc1ccc(C)cc1)(C(=O)c1ccc(N2CCOCC2)cc1)N(C)C.Cc1cc(C)c(C(=O)P(=O)(C(=O)c2c(C)cc(C)cc2C)c2ccccc2)c(C)c1. The molecule has 304 valence electrons. The molecule has 0 spiro atoms. The standard InChI is InChI=1S/C26H27O3P.C24H32N2O2/c1-16-12-18(3)23(19(4)13-16)25(27)30(29,22-10-8-7-9-11-22)26(28)24-20(5)14-17(2)15-21(24)6;1-5-24(25(3)4,18-20-8-6-19(2)7-9-20)23(27)21-10-12-22(13-11-21)26-14-16-28-17-15-26/h7-15H,1-6H3;6-13H,5,14-18H2,1-4H3. The highest BCUT2D eigenvalue weighted by atomic mass is 31.2. The van der Waals surface area contributed by atoms with Gasteiger partial charge in [0.1, 0.15) is 0 Å². The molecule has 0 N–H and O–H groups in total. The number of likely N-dealkylation sites (N-methyl/N-ethyl adjacent to an activating group) is 1. The number of morpholine rings is 1. The maximum atomic E-state index is 14.5. The topological polar surface area (TPSA) is 84.0 Å². The Kier molecular flexibility index (Phi) is 14.3. The summed E-state index contributed by atoms with van der Waals surface area (Å²) in [5.41, 5.74) is 8.38. The molecular formula is C50H59N2O5P. The third kappa shape index (κ3) is 9.34. The molecule has 1 heterocycles. The van der Waals surface area contributed by atoms with Crippen molar-refractivity contribution in [3.63, 3.8) is 0 Å². The fraction of sp³-hybridized carbons (Fsp3) is 0.340. The first-order chi connectivity index (χ1) is 27.5. The number of ether oxygens (including phenoxy) is 1. The minimum Gasteiger partial charge on any atom is -0.378 e. The van der Waals surface area contributed by atoms with Crippen molar-refractivity contribution in [1.82, 2.24) is 4.90 Å². The van der Waals surface area contributed by atoms with E-state index in [1.807, 2.05) is 92.0 Å². The molecule has 5 aromatic carbocycles. The molecule has 0 amide bonds. The van der Waals surface area contributed by atoms with Crippen molar-refractivity contribution < 1.29 is 23.7 Å². The minimum atomic E-state index is -4.11. The first-order valence-corrected chi connectivity index (χ1v) is 21.9. The molecule has 0 bridgehead atoms. The summed E-state index contributed by atoms with van der Waals surface area (Å²) in [5.74, 6) is 0.189. The van der Waals surface area contributed by atoms with Crippen LogP contribution in [0.3, 0.4) is 0 Å². The molecular weight excluding hydrogens is 740 g/mol. The Bertz CT molecular complexity index is 2190. The van der Waals surface area contributed by atoms with Gasteiger partial charge in [0.25, 0.3) is 0 Å². The number of carbonyl (C=O) groups excluding carboxylic acids is 3. The van der Waals surface area contributed by atoms with Crippen molar-refractivity contribution in [2.45, 2.75) is 73.8 Å². The van der Waals surface area contributed by atoms with Crippen molar-refractivity contribution in [3.05, 3.63) is 164 Å². The van der Waals surface area contributed by atoms with Gasteiger partial charge in [-0.1, -0.05) is 102 Å². The van der Waals surface area contributed by atoms with Crippen LogP contribution in [0.1, 0.15) is 88.9 Å². The normalized spacial score (nSPS) is 14.0. The van der Waals surface area contributed by atoms with E-state index in [1.54, 1.807) is 30.3 Å². The van der Waals surface area contributed by atoms with Gasteiger partial charge in [-0.25, -0.2) is 0 Å². The summed E-state index contributed by atoms with van der Waals surface area (Å²) in [7, 11) is -0.0902. The molecule has 8 heteroatoms. The number of rotatable bonds is 12. The van der Waals surface area contributed by atoms with Crippen molar-refractivity contribution in [2.24, 2.45) is 0 Å². The average Bonchev–Trinajstić information content (AvgIpc) is 3.20. The molecule has 6 rings (SSSR count). The Morgan fingerprint density at radius 3 is 1.55 bits per heavy atom. The van der Waals surface area contributed by atoms with E-state index in [0.717, 1.165) is 77.4 Å². The van der Waals surface area contributed by atoms with E-state index in [1.165, 1.54) is 11.1 Å². The summed E-state index contributed by atoms with van der Waals surface area (Å²) in [6, 6.07) is 32.6. The Labute approximate surface area is 345 Å². The summed E-state index contributed by atoms with van der Waals surface area (Å²) in [6.45, 7) is 18.7. The van der Waals surface area contributed by atoms with Gasteiger partial charge < -0.3 is 14.2 Å². The van der Waals surface area contributed by atoms with Crippen LogP contribution in [0.5, 0.6) is 0 Å². The van der Waals surface area contributed by atoms with E-state index in [2.05, 4.69) is 60.0 Å². The lowest BCUT2D eigenvalue weighted by atomic mass is 9.80. The number of ketones is 1. The van der Waals surface area contributed by atoms with Crippen molar-refractivity contribution in [1.29, 1.82) is 0 Å². The zero-order valence-corrected chi connectivity index (χ0v) is 36.8. The molecule has 1 aliphatic heterocycles. The Morgan fingerprint density at radius 1 is 0.655 bits per heavy atom. The van der Waals surface area contributed by atoms with E-state index < -0.39 is 23.7 Å². The van der Waals surface area contributed by atoms with Crippen LogP contribution in [0.25, 0.3) is 0 Å². The highest BCUT2D eigenvalue weighted by molar-refractivity contribution is 8.01. The number of hydrogen-bond donors (Lipinski definition) is 0. The molecule has 0 saturated carbocycles. The van der Waals surface area contributed by atoms with Gasteiger partial charge in [-0.2, -0.15) is 0 Å². The lowest BCUT2D eigenvalue weighted by Crippen LogP contribution is -2.52. The molecule has 0 aromatic heterocycles. The first kappa shape index (κ1) is 44.2. The zero-order chi connectivity index (χ0) is 42.4. The van der Waals surface area contributed by atoms with Gasteiger partial charge in [0.2, 0.25) is 18.2 Å². The number of benzene rings is 5. The third-order valence-corrected chi connectivity index (χ3v) is 14.1. The van der Waals surface area contributed by atoms with Gasteiger partial charge in [-0.05, 0) is 127 Å². The minimum absolute atomic E-state index is 0.189. The van der Waals surface area contributed by atoms with Crippen LogP contribution >= 0.6 is 7.14 Å². The molecule has 0 radical (unpaired) electrons. The predicted octanol–water partition coefficient (Wildman–Crippen LogP) is 10.2. The molecule has 0 aliphatic carbocycles. The van der Waals surface area contributed by atoms with E-state index in [-0.39, 0.29) is 11.1 Å². The lowest BCUT2D eigenvalue weighted by molar-refractivity contribution is 0.0666. The number of nitrogens with zero attached hydrogens (tertiary/aromatic N) is 2. The second-order valence-electron chi connectivity index (χ2n) is 16.0. The summed E-state index contributed by atoms with van der Waals surface area (Å²) < 4.78 is 19.9. The first-order valence-electron chi connectivity index (χ1n) is 20.1. The summed E-state index contributed by atoms with van der Waals surface area (Å²) >= 11 is 0. The number of carbonyl (C=O) groups is 3. The van der Waals surface area contributed by atoms with Crippen LogP contribution in [-0.4, -0.2) is 67.7 Å². The molecule has 1 unspecified atom stereocenters. The van der Waals surface area contributed by atoms with E-state index in [4.69, 9.17) is 4.74 Å². The maximum absolute atomic E-state index is 14.5. The Balaban J connectivity index is 0.000000221. The van der Waals surface area contributed by atoms with Crippen LogP contribution in [0, 0.1) is 48.5 Å². The second-order valence-corrected chi connectivity index (χ2v) is 18.6. The third-order valence-electron chi connectivity index (χ3n) is 11.5. The lowest BCUT2D eigenvalue weighted by Gasteiger charge is -2.38. The highest BCUT2D eigenvalue weighted by Crippen LogP contribution is 2.52. The van der Waals surface area contributed by atoms with Crippen LogP contribution < -0.4 is 10.2 Å². The van der Waals surface area contributed by atoms with Gasteiger partial charge in [-0.3, -0.25) is 19.3 Å². The predicted molar refractivity (Wildman–Crippen MR) is 239 cm³/mol. The molecule has 5 aromatic rings. The van der Waals surface area contributed by atoms with Crippen molar-refractivity contribution in [2.75, 3.05) is 45.3 Å². The number of Topliss-reactive ketones (excluding diaryl/α,β-unsaturated/α-hetero) is 1. The smallest absolute Gasteiger partial charge is 0.248 e. The molecule has 1 saturated heterocycles. The molecule has 7 nitrogen and oxygen atoms in total. The van der Waals surface area contributed by atoms with Crippen LogP contribution in [0.15, 0.2) is 103 Å². The largest absolute Gasteiger partial charge is 0.378 e. The van der Waals surface area contributed by atoms with Crippen LogP contribution in [0.4, 0.5) is 5.69 Å². The number of anilines is 1.